The Bertz CT molecular complexity index is 1290. The van der Waals surface area contributed by atoms with Crippen LogP contribution in [0.5, 0.6) is 0 Å². The number of benzene rings is 1. The summed E-state index contributed by atoms with van der Waals surface area (Å²) in [5.41, 5.74) is 2.69. The predicted molar refractivity (Wildman–Crippen MR) is 150 cm³/mol. The Morgan fingerprint density at radius 1 is 1.18 bits per heavy atom. The van der Waals surface area contributed by atoms with Crippen molar-refractivity contribution >= 4 is 38.5 Å². The van der Waals surface area contributed by atoms with Gasteiger partial charge in [0.2, 0.25) is 11.8 Å². The summed E-state index contributed by atoms with van der Waals surface area (Å²) in [6, 6.07) is 6.39. The van der Waals surface area contributed by atoms with Crippen molar-refractivity contribution in [2.24, 2.45) is 5.92 Å². The molecular formula is C28H36N6O4S. The number of hydrogen-bond donors (Lipinski definition) is 4. The van der Waals surface area contributed by atoms with Gasteiger partial charge in [-0.2, -0.15) is 0 Å². The molecule has 2 fully saturated rings. The Hall–Kier alpha value is -2.99. The fraction of sp³-hybridized carbons (Fsp3) is 0.536. The first-order valence-corrected chi connectivity index (χ1v) is 14.5. The summed E-state index contributed by atoms with van der Waals surface area (Å²) in [6.07, 6.45) is 7.70. The van der Waals surface area contributed by atoms with E-state index in [4.69, 9.17) is 4.74 Å². The summed E-state index contributed by atoms with van der Waals surface area (Å²) in [4.78, 5) is 37.6. The fourth-order valence-electron chi connectivity index (χ4n) is 5.05. The monoisotopic (exact) mass is 552 g/mol. The zero-order valence-corrected chi connectivity index (χ0v) is 23.2. The van der Waals surface area contributed by atoms with Gasteiger partial charge in [-0.25, -0.2) is 15.0 Å². The number of hydrogen-bond acceptors (Lipinski definition) is 9. The van der Waals surface area contributed by atoms with E-state index >= 15 is 0 Å². The van der Waals surface area contributed by atoms with Crippen molar-refractivity contribution in [2.75, 3.05) is 11.9 Å². The molecule has 39 heavy (non-hydrogen) atoms. The summed E-state index contributed by atoms with van der Waals surface area (Å²) < 4.78 is 6.75. The van der Waals surface area contributed by atoms with Gasteiger partial charge in [-0.05, 0) is 56.7 Å². The number of aromatic nitrogens is 3. The molecule has 2 aliphatic rings. The lowest BCUT2D eigenvalue weighted by Crippen LogP contribution is -2.51. The van der Waals surface area contributed by atoms with Gasteiger partial charge in [0.1, 0.15) is 6.61 Å². The van der Waals surface area contributed by atoms with Gasteiger partial charge < -0.3 is 25.8 Å². The molecule has 5 rings (SSSR count). The number of thiazole rings is 1. The highest BCUT2D eigenvalue weighted by molar-refractivity contribution is 7.22. The van der Waals surface area contributed by atoms with Gasteiger partial charge in [0.15, 0.2) is 11.0 Å². The second-order valence-electron chi connectivity index (χ2n) is 10.5. The predicted octanol–water partition coefficient (Wildman–Crippen LogP) is 3.40. The molecule has 3 atom stereocenters. The summed E-state index contributed by atoms with van der Waals surface area (Å²) in [5.74, 6) is 0.591. The van der Waals surface area contributed by atoms with E-state index in [1.165, 1.54) is 11.3 Å². The van der Waals surface area contributed by atoms with Gasteiger partial charge in [0, 0.05) is 48.9 Å². The van der Waals surface area contributed by atoms with Crippen LogP contribution in [-0.4, -0.2) is 62.7 Å². The Kier molecular flexibility index (Phi) is 8.81. The zero-order chi connectivity index (χ0) is 27.4. The minimum atomic E-state index is -0.395. The Balaban J connectivity index is 1.11. The number of rotatable bonds is 11. The van der Waals surface area contributed by atoms with Crippen LogP contribution in [0.4, 0.5) is 5.13 Å². The van der Waals surface area contributed by atoms with E-state index < -0.39 is 6.10 Å². The Morgan fingerprint density at radius 2 is 1.97 bits per heavy atom. The molecule has 2 saturated carbocycles. The lowest BCUT2D eigenvalue weighted by molar-refractivity contribution is -0.123. The van der Waals surface area contributed by atoms with Crippen LogP contribution < -0.4 is 16.0 Å². The molecule has 2 heterocycles. The fourth-order valence-corrected chi connectivity index (χ4v) is 5.96. The number of nitrogens with zero attached hydrogens (tertiary/aromatic N) is 3. The number of carbonyl (C=O) groups excluding carboxylic acids is 2. The number of nitrogens with one attached hydrogen (secondary N) is 3. The third-order valence-corrected chi connectivity index (χ3v) is 8.39. The maximum atomic E-state index is 12.8. The number of fused-ring (bicyclic) bond motifs is 1. The van der Waals surface area contributed by atoms with Gasteiger partial charge in [0.05, 0.1) is 22.4 Å². The van der Waals surface area contributed by atoms with E-state index in [2.05, 4.69) is 30.9 Å². The molecule has 0 bridgehead atoms. The minimum Gasteiger partial charge on any atom is -0.390 e. The van der Waals surface area contributed by atoms with Crippen molar-refractivity contribution in [1.29, 1.82) is 0 Å². The second kappa shape index (κ2) is 12.5. The van der Waals surface area contributed by atoms with Crippen LogP contribution in [0, 0.1) is 5.92 Å². The molecule has 0 spiro atoms. The number of aliphatic hydroxyl groups is 1. The first-order chi connectivity index (χ1) is 18.9. The third kappa shape index (κ3) is 6.96. The molecule has 2 aromatic heterocycles. The first-order valence-electron chi connectivity index (χ1n) is 13.7. The van der Waals surface area contributed by atoms with E-state index in [1.807, 2.05) is 32.0 Å². The molecule has 0 unspecified atom stereocenters. The van der Waals surface area contributed by atoms with E-state index in [-0.39, 0.29) is 42.5 Å². The van der Waals surface area contributed by atoms with Crippen LogP contribution in [0.1, 0.15) is 58.2 Å². The molecule has 2 aliphatic carbocycles. The third-order valence-electron chi connectivity index (χ3n) is 7.46. The number of amides is 2. The van der Waals surface area contributed by atoms with Crippen molar-refractivity contribution in [3.8, 4) is 11.1 Å². The summed E-state index contributed by atoms with van der Waals surface area (Å²) >= 11 is 1.45. The molecule has 0 radical (unpaired) electrons. The van der Waals surface area contributed by atoms with Gasteiger partial charge in [-0.3, -0.25) is 9.59 Å². The normalized spacial score (nSPS) is 23.4. The van der Waals surface area contributed by atoms with E-state index in [9.17, 15) is 14.7 Å². The first kappa shape index (κ1) is 27.6. The second-order valence-corrected chi connectivity index (χ2v) is 11.5. The van der Waals surface area contributed by atoms with E-state index in [0.717, 1.165) is 53.4 Å². The summed E-state index contributed by atoms with van der Waals surface area (Å²) in [5, 5.41) is 19.9. The smallest absolute Gasteiger partial charge is 0.229 e. The van der Waals surface area contributed by atoms with Crippen molar-refractivity contribution in [2.45, 2.75) is 83.3 Å². The van der Waals surface area contributed by atoms with Gasteiger partial charge in [-0.15, -0.1) is 0 Å². The van der Waals surface area contributed by atoms with E-state index in [1.54, 1.807) is 12.4 Å². The van der Waals surface area contributed by atoms with Crippen molar-refractivity contribution < 1.29 is 19.4 Å². The molecule has 11 heteroatoms. The molecule has 0 aliphatic heterocycles. The number of anilines is 1. The largest absolute Gasteiger partial charge is 0.390 e. The maximum absolute atomic E-state index is 12.8. The van der Waals surface area contributed by atoms with E-state index in [0.29, 0.717) is 23.9 Å². The summed E-state index contributed by atoms with van der Waals surface area (Å²) in [7, 11) is 0. The van der Waals surface area contributed by atoms with Crippen LogP contribution in [-0.2, 0) is 20.9 Å². The van der Waals surface area contributed by atoms with Gasteiger partial charge in [0.25, 0.3) is 0 Å². The van der Waals surface area contributed by atoms with Crippen LogP contribution in [0.25, 0.3) is 21.3 Å². The Labute approximate surface area is 232 Å². The maximum Gasteiger partial charge on any atom is 0.229 e. The number of aliphatic hydroxyl groups excluding tert-OH is 1. The Morgan fingerprint density at radius 3 is 2.69 bits per heavy atom. The van der Waals surface area contributed by atoms with Crippen molar-refractivity contribution in [3.63, 3.8) is 0 Å². The van der Waals surface area contributed by atoms with Crippen LogP contribution in [0.2, 0.25) is 0 Å². The lowest BCUT2D eigenvalue weighted by atomic mass is 9.79. The molecule has 10 nitrogen and oxygen atoms in total. The molecule has 4 N–H and O–H groups in total. The van der Waals surface area contributed by atoms with Crippen LogP contribution in [0.3, 0.4) is 0 Å². The number of carbonyl (C=O) groups is 2. The molecular weight excluding hydrogens is 516 g/mol. The average molecular weight is 553 g/mol. The highest BCUT2D eigenvalue weighted by Gasteiger charge is 2.35. The SMILES string of the molecule is CCC(=O)NC[C@H](C)NC1CC(C(=O)Nc2nc3ccc(-c4cnc(CO[C@H]5CCC[C@@H]5O)nc4)cc3s2)C1. The molecule has 2 amide bonds. The van der Waals surface area contributed by atoms with Crippen molar-refractivity contribution in [3.05, 3.63) is 36.4 Å². The molecule has 1 aromatic carbocycles. The topological polar surface area (TPSA) is 138 Å². The highest BCUT2D eigenvalue weighted by atomic mass is 32.1. The molecule has 0 saturated heterocycles. The van der Waals surface area contributed by atoms with Gasteiger partial charge in [-0.1, -0.05) is 24.3 Å². The molecule has 3 aromatic rings. The average Bonchev–Trinajstić information content (AvgIpc) is 3.52. The van der Waals surface area contributed by atoms with Crippen molar-refractivity contribution in [1.82, 2.24) is 25.6 Å². The minimum absolute atomic E-state index is 0.00408. The van der Waals surface area contributed by atoms with Crippen LogP contribution >= 0.6 is 11.3 Å². The lowest BCUT2D eigenvalue weighted by Gasteiger charge is -2.36. The standard InChI is InChI=1S/C28H36N6O4S/c1-3-26(36)31-12-16(2)32-20-9-18(10-20)27(37)34-28-33-21-8-7-17(11-24(21)39-28)19-13-29-25(30-14-19)15-38-23-6-4-5-22(23)35/h7-8,11,13-14,16,18,20,22-23,32,35H,3-6,9-10,12,15H2,1-2H3,(H,31,36)(H,33,34,37)/t16-,18?,20?,22-,23-/m0/s1. The van der Waals surface area contributed by atoms with Crippen LogP contribution in [0.15, 0.2) is 30.6 Å². The highest BCUT2D eigenvalue weighted by Crippen LogP contribution is 2.33. The number of ether oxygens (including phenoxy) is 1. The zero-order valence-electron chi connectivity index (χ0n) is 22.4. The summed E-state index contributed by atoms with van der Waals surface area (Å²) in [6.45, 7) is 4.75. The van der Waals surface area contributed by atoms with Gasteiger partial charge >= 0.3 is 0 Å². The quantitative estimate of drug-likeness (QED) is 0.284. The molecule has 208 valence electrons.